The fourth-order valence-electron chi connectivity index (χ4n) is 4.46. The number of imidazole rings is 1. The largest absolute Gasteiger partial charge is 0.467 e. The monoisotopic (exact) mass is 385 g/mol. The molecule has 0 radical (unpaired) electrons. The summed E-state index contributed by atoms with van der Waals surface area (Å²) in [5.41, 5.74) is 3.68. The zero-order valence-electron chi connectivity index (χ0n) is 16.7. The van der Waals surface area contributed by atoms with E-state index in [-0.39, 0.29) is 0 Å². The van der Waals surface area contributed by atoms with E-state index in [0.717, 1.165) is 43.9 Å². The molecular weight excluding hydrogens is 358 g/mol. The highest BCUT2D eigenvalue weighted by molar-refractivity contribution is 5.76. The highest BCUT2D eigenvalue weighted by atomic mass is 16.3. The lowest BCUT2D eigenvalue weighted by atomic mass is 9.93. The number of furan rings is 1. The van der Waals surface area contributed by atoms with E-state index in [4.69, 9.17) is 9.40 Å². The average Bonchev–Trinajstić information content (AvgIpc) is 3.39. The van der Waals surface area contributed by atoms with Crippen molar-refractivity contribution in [1.82, 2.24) is 14.5 Å². The summed E-state index contributed by atoms with van der Waals surface area (Å²) in [7, 11) is 0. The number of rotatable bonds is 6. The molecule has 2 aromatic carbocycles. The Kier molecular flexibility index (Phi) is 5.18. The molecule has 148 valence electrons. The molecule has 0 unspecified atom stereocenters. The second kappa shape index (κ2) is 8.26. The van der Waals surface area contributed by atoms with Crippen LogP contribution < -0.4 is 0 Å². The van der Waals surface area contributed by atoms with Crippen LogP contribution in [0, 0.1) is 5.92 Å². The summed E-state index contributed by atoms with van der Waals surface area (Å²) in [4.78, 5) is 7.56. The highest BCUT2D eigenvalue weighted by Gasteiger charge is 2.22. The normalized spacial score (nSPS) is 15.9. The lowest BCUT2D eigenvalue weighted by Crippen LogP contribution is -2.34. The number of hydrogen-bond acceptors (Lipinski definition) is 3. The maximum atomic E-state index is 5.62. The molecule has 4 aromatic rings. The molecule has 0 spiro atoms. The van der Waals surface area contributed by atoms with Crippen molar-refractivity contribution in [3.8, 4) is 0 Å². The van der Waals surface area contributed by atoms with Crippen LogP contribution in [0.1, 0.15) is 30.0 Å². The fourth-order valence-corrected chi connectivity index (χ4v) is 4.46. The van der Waals surface area contributed by atoms with Crippen molar-refractivity contribution in [3.63, 3.8) is 0 Å². The molecule has 2 aromatic heterocycles. The Morgan fingerprint density at radius 3 is 2.45 bits per heavy atom. The Bertz CT molecular complexity index is 1040. The number of nitrogens with zero attached hydrogens (tertiary/aromatic N) is 3. The number of piperidine rings is 1. The van der Waals surface area contributed by atoms with Gasteiger partial charge in [0.25, 0.3) is 0 Å². The maximum Gasteiger partial charge on any atom is 0.123 e. The number of aromatic nitrogens is 2. The van der Waals surface area contributed by atoms with Gasteiger partial charge in [-0.05, 0) is 61.7 Å². The predicted molar refractivity (Wildman–Crippen MR) is 116 cm³/mol. The molecule has 0 saturated carbocycles. The zero-order valence-corrected chi connectivity index (χ0v) is 16.7. The Morgan fingerprint density at radius 1 is 0.862 bits per heavy atom. The standard InChI is InChI=1S/C25H27N3O/c1-2-7-21(8-3-1)18-27-14-12-20(13-15-27)17-25-26-23-10-4-5-11-24(23)28(25)19-22-9-6-16-29-22/h1-11,16,20H,12-15,17-19H2. The molecule has 0 atom stereocenters. The van der Waals surface area contributed by atoms with Crippen LogP contribution in [0.2, 0.25) is 0 Å². The smallest absolute Gasteiger partial charge is 0.123 e. The van der Waals surface area contributed by atoms with Crippen LogP contribution in [-0.4, -0.2) is 27.5 Å². The first-order valence-electron chi connectivity index (χ1n) is 10.6. The Hall–Kier alpha value is -2.85. The molecule has 0 amide bonds. The van der Waals surface area contributed by atoms with Gasteiger partial charge in [-0.2, -0.15) is 0 Å². The highest BCUT2D eigenvalue weighted by Crippen LogP contribution is 2.25. The summed E-state index contributed by atoms with van der Waals surface area (Å²) in [5, 5.41) is 0. The van der Waals surface area contributed by atoms with Gasteiger partial charge in [0.05, 0.1) is 23.8 Å². The molecule has 0 aliphatic carbocycles. The van der Waals surface area contributed by atoms with Gasteiger partial charge >= 0.3 is 0 Å². The number of benzene rings is 2. The summed E-state index contributed by atoms with van der Waals surface area (Å²) in [6.07, 6.45) is 5.25. The summed E-state index contributed by atoms with van der Waals surface area (Å²) < 4.78 is 7.95. The van der Waals surface area contributed by atoms with E-state index in [2.05, 4.69) is 64.1 Å². The van der Waals surface area contributed by atoms with E-state index in [1.165, 1.54) is 29.7 Å². The number of para-hydroxylation sites is 2. The van der Waals surface area contributed by atoms with Crippen LogP contribution >= 0.6 is 0 Å². The molecule has 1 saturated heterocycles. The number of likely N-dealkylation sites (tertiary alicyclic amines) is 1. The topological polar surface area (TPSA) is 34.2 Å². The van der Waals surface area contributed by atoms with Gasteiger partial charge in [-0.3, -0.25) is 4.90 Å². The predicted octanol–water partition coefficient (Wildman–Crippen LogP) is 5.13. The van der Waals surface area contributed by atoms with Crippen LogP contribution in [0.15, 0.2) is 77.4 Å². The van der Waals surface area contributed by atoms with Gasteiger partial charge in [-0.1, -0.05) is 42.5 Å². The molecule has 5 rings (SSSR count). The minimum absolute atomic E-state index is 0.689. The van der Waals surface area contributed by atoms with E-state index in [1.807, 2.05) is 12.1 Å². The minimum atomic E-state index is 0.689. The minimum Gasteiger partial charge on any atom is -0.467 e. The van der Waals surface area contributed by atoms with Crippen LogP contribution in [-0.2, 0) is 19.5 Å². The van der Waals surface area contributed by atoms with E-state index < -0.39 is 0 Å². The molecule has 4 heteroatoms. The Balaban J connectivity index is 1.28. The van der Waals surface area contributed by atoms with E-state index in [9.17, 15) is 0 Å². The van der Waals surface area contributed by atoms with Crippen molar-refractivity contribution in [2.45, 2.75) is 32.4 Å². The number of fused-ring (bicyclic) bond motifs is 1. The van der Waals surface area contributed by atoms with Crippen molar-refractivity contribution < 1.29 is 4.42 Å². The molecule has 29 heavy (non-hydrogen) atoms. The third-order valence-electron chi connectivity index (χ3n) is 6.06. The van der Waals surface area contributed by atoms with E-state index in [1.54, 1.807) is 6.26 Å². The quantitative estimate of drug-likeness (QED) is 0.461. The van der Waals surface area contributed by atoms with Crippen molar-refractivity contribution in [1.29, 1.82) is 0 Å². The lowest BCUT2D eigenvalue weighted by molar-refractivity contribution is 0.175. The molecule has 1 fully saturated rings. The summed E-state index contributed by atoms with van der Waals surface area (Å²) >= 11 is 0. The number of hydrogen-bond donors (Lipinski definition) is 0. The first kappa shape index (κ1) is 18.2. The first-order valence-corrected chi connectivity index (χ1v) is 10.6. The molecular formula is C25H27N3O. The fraction of sp³-hybridized carbons (Fsp3) is 0.320. The van der Waals surface area contributed by atoms with Crippen molar-refractivity contribution in [2.24, 2.45) is 5.92 Å². The lowest BCUT2D eigenvalue weighted by Gasteiger charge is -2.32. The second-order valence-electron chi connectivity index (χ2n) is 8.09. The maximum absolute atomic E-state index is 5.62. The van der Waals surface area contributed by atoms with Gasteiger partial charge in [0.2, 0.25) is 0 Å². The molecule has 0 bridgehead atoms. The molecule has 3 heterocycles. The van der Waals surface area contributed by atoms with Crippen molar-refractivity contribution in [2.75, 3.05) is 13.1 Å². The van der Waals surface area contributed by atoms with Gasteiger partial charge in [0.1, 0.15) is 11.6 Å². The van der Waals surface area contributed by atoms with Gasteiger partial charge in [0.15, 0.2) is 0 Å². The van der Waals surface area contributed by atoms with Crippen LogP contribution in [0.4, 0.5) is 0 Å². The molecule has 1 aliphatic rings. The van der Waals surface area contributed by atoms with Crippen molar-refractivity contribution >= 4 is 11.0 Å². The Labute approximate surface area is 171 Å². The van der Waals surface area contributed by atoms with Crippen LogP contribution in [0.5, 0.6) is 0 Å². The molecule has 0 N–H and O–H groups in total. The van der Waals surface area contributed by atoms with Gasteiger partial charge in [-0.15, -0.1) is 0 Å². The summed E-state index contributed by atoms with van der Waals surface area (Å²) in [6.45, 7) is 4.14. The Morgan fingerprint density at radius 2 is 1.66 bits per heavy atom. The van der Waals surface area contributed by atoms with E-state index >= 15 is 0 Å². The van der Waals surface area contributed by atoms with Gasteiger partial charge in [0, 0.05) is 13.0 Å². The SMILES string of the molecule is c1ccc(CN2CCC(Cc3nc4ccccc4n3Cc3ccco3)CC2)cc1. The third-order valence-corrected chi connectivity index (χ3v) is 6.06. The van der Waals surface area contributed by atoms with Crippen LogP contribution in [0.25, 0.3) is 11.0 Å². The average molecular weight is 386 g/mol. The van der Waals surface area contributed by atoms with E-state index in [0.29, 0.717) is 5.92 Å². The van der Waals surface area contributed by atoms with Gasteiger partial charge in [-0.25, -0.2) is 4.98 Å². The molecule has 4 nitrogen and oxygen atoms in total. The summed E-state index contributed by atoms with van der Waals surface area (Å²) in [5.74, 6) is 2.85. The molecule has 1 aliphatic heterocycles. The van der Waals surface area contributed by atoms with Crippen LogP contribution in [0.3, 0.4) is 0 Å². The van der Waals surface area contributed by atoms with Crippen molar-refractivity contribution in [3.05, 3.63) is 90.1 Å². The van der Waals surface area contributed by atoms with Gasteiger partial charge < -0.3 is 8.98 Å². The third kappa shape index (κ3) is 4.13. The second-order valence-corrected chi connectivity index (χ2v) is 8.09. The first-order chi connectivity index (χ1) is 14.3. The summed E-state index contributed by atoms with van der Waals surface area (Å²) in [6, 6.07) is 23.2. The zero-order chi connectivity index (χ0) is 19.5.